The zero-order valence-corrected chi connectivity index (χ0v) is 12.8. The van der Waals surface area contributed by atoms with Gasteiger partial charge in [0.05, 0.1) is 0 Å². The lowest BCUT2D eigenvalue weighted by molar-refractivity contribution is 0.0951. The monoisotopic (exact) mass is 337 g/mol. The molecule has 0 bridgehead atoms. The maximum absolute atomic E-state index is 12.0. The predicted molar refractivity (Wildman–Crippen MR) is 81.5 cm³/mol. The van der Waals surface area contributed by atoms with E-state index in [-0.39, 0.29) is 5.91 Å². The number of hydrogen-bond acceptors (Lipinski definition) is 1. The van der Waals surface area contributed by atoms with Crippen molar-refractivity contribution in [1.29, 1.82) is 0 Å². The van der Waals surface area contributed by atoms with Crippen LogP contribution in [0.15, 0.2) is 46.9 Å². The van der Waals surface area contributed by atoms with Crippen molar-refractivity contribution in [3.8, 4) is 0 Å². The molecule has 0 saturated carbocycles. The molecule has 4 heteroatoms. The molecule has 19 heavy (non-hydrogen) atoms. The van der Waals surface area contributed by atoms with E-state index in [1.54, 1.807) is 6.07 Å². The topological polar surface area (TPSA) is 29.1 Å². The van der Waals surface area contributed by atoms with Gasteiger partial charge in [-0.2, -0.15) is 0 Å². The normalized spacial score (nSPS) is 10.3. The summed E-state index contributed by atoms with van der Waals surface area (Å²) in [5, 5.41) is 3.45. The van der Waals surface area contributed by atoms with Crippen molar-refractivity contribution in [2.24, 2.45) is 0 Å². The summed E-state index contributed by atoms with van der Waals surface area (Å²) in [7, 11) is 0. The van der Waals surface area contributed by atoms with Crippen molar-refractivity contribution < 1.29 is 4.79 Å². The molecule has 1 amide bonds. The van der Waals surface area contributed by atoms with E-state index in [4.69, 9.17) is 11.6 Å². The molecule has 0 spiro atoms. The lowest BCUT2D eigenvalue weighted by atomic mass is 10.1. The number of aryl methyl sites for hydroxylation is 1. The van der Waals surface area contributed by atoms with E-state index in [9.17, 15) is 4.79 Å². The minimum absolute atomic E-state index is 0.117. The Morgan fingerprint density at radius 1 is 1.21 bits per heavy atom. The third-order valence-electron chi connectivity index (χ3n) is 2.67. The van der Waals surface area contributed by atoms with Crippen LogP contribution in [0, 0.1) is 6.92 Å². The third-order valence-corrected chi connectivity index (χ3v) is 3.42. The first kappa shape index (κ1) is 14.1. The standard InChI is InChI=1S/C15H13BrClNO/c1-10-6-12(8-14(17)7-10)15(19)18-9-11-2-4-13(16)5-3-11/h2-8H,9H2,1H3,(H,18,19). The Hall–Kier alpha value is -1.32. The Balaban J connectivity index is 2.03. The van der Waals surface area contributed by atoms with Gasteiger partial charge in [-0.1, -0.05) is 39.7 Å². The minimum Gasteiger partial charge on any atom is -0.348 e. The first-order valence-corrected chi connectivity index (χ1v) is 7.01. The van der Waals surface area contributed by atoms with E-state index >= 15 is 0 Å². The summed E-state index contributed by atoms with van der Waals surface area (Å²) in [4.78, 5) is 12.0. The Kier molecular flexibility index (Phi) is 4.61. The van der Waals surface area contributed by atoms with Crippen LogP contribution in [0.5, 0.6) is 0 Å². The van der Waals surface area contributed by atoms with Crippen molar-refractivity contribution in [1.82, 2.24) is 5.32 Å². The van der Waals surface area contributed by atoms with Crippen molar-refractivity contribution >= 4 is 33.4 Å². The largest absolute Gasteiger partial charge is 0.348 e. The summed E-state index contributed by atoms with van der Waals surface area (Å²) < 4.78 is 1.02. The quantitative estimate of drug-likeness (QED) is 0.886. The molecule has 2 nitrogen and oxygen atoms in total. The van der Waals surface area contributed by atoms with Gasteiger partial charge in [-0.05, 0) is 48.4 Å². The first-order valence-electron chi connectivity index (χ1n) is 5.84. The molecule has 0 atom stereocenters. The number of carbonyl (C=O) groups excluding carboxylic acids is 1. The zero-order chi connectivity index (χ0) is 13.8. The molecule has 98 valence electrons. The second-order valence-electron chi connectivity index (χ2n) is 4.33. The number of hydrogen-bond donors (Lipinski definition) is 1. The van der Waals surface area contributed by atoms with Crippen molar-refractivity contribution in [3.05, 3.63) is 68.7 Å². The maximum atomic E-state index is 12.0. The highest BCUT2D eigenvalue weighted by atomic mass is 79.9. The average molecular weight is 339 g/mol. The molecule has 0 aromatic heterocycles. The Labute approximate surface area is 125 Å². The number of nitrogens with one attached hydrogen (secondary N) is 1. The predicted octanol–water partition coefficient (Wildman–Crippen LogP) is 4.34. The van der Waals surface area contributed by atoms with Crippen LogP contribution in [0.25, 0.3) is 0 Å². The van der Waals surface area contributed by atoms with Crippen molar-refractivity contribution in [2.75, 3.05) is 0 Å². The van der Waals surface area contributed by atoms with Crippen LogP contribution in [-0.4, -0.2) is 5.91 Å². The van der Waals surface area contributed by atoms with Gasteiger partial charge in [0.15, 0.2) is 0 Å². The fourth-order valence-electron chi connectivity index (χ4n) is 1.75. The molecule has 0 aliphatic rings. The molecule has 0 heterocycles. The number of rotatable bonds is 3. The SMILES string of the molecule is Cc1cc(Cl)cc(C(=O)NCc2ccc(Br)cc2)c1. The van der Waals surface area contributed by atoms with Gasteiger partial charge in [0, 0.05) is 21.6 Å². The van der Waals surface area contributed by atoms with Gasteiger partial charge >= 0.3 is 0 Å². The highest BCUT2D eigenvalue weighted by Crippen LogP contribution is 2.15. The summed E-state index contributed by atoms with van der Waals surface area (Å²) in [6.07, 6.45) is 0. The molecule has 2 rings (SSSR count). The molecule has 0 saturated heterocycles. The van der Waals surface area contributed by atoms with Crippen LogP contribution in [0.1, 0.15) is 21.5 Å². The van der Waals surface area contributed by atoms with Gasteiger partial charge in [-0.25, -0.2) is 0 Å². The Morgan fingerprint density at radius 2 is 1.89 bits per heavy atom. The summed E-state index contributed by atoms with van der Waals surface area (Å²) in [6, 6.07) is 13.2. The zero-order valence-electron chi connectivity index (χ0n) is 10.4. The summed E-state index contributed by atoms with van der Waals surface area (Å²) >= 11 is 9.32. The number of amides is 1. The molecular formula is C15H13BrClNO. The van der Waals surface area contributed by atoms with E-state index in [0.29, 0.717) is 17.1 Å². The second-order valence-corrected chi connectivity index (χ2v) is 5.68. The lowest BCUT2D eigenvalue weighted by Crippen LogP contribution is -2.22. The molecule has 0 aliphatic heterocycles. The van der Waals surface area contributed by atoms with Gasteiger partial charge in [-0.3, -0.25) is 4.79 Å². The molecule has 0 unspecified atom stereocenters. The smallest absolute Gasteiger partial charge is 0.251 e. The van der Waals surface area contributed by atoms with E-state index in [1.165, 1.54) is 0 Å². The molecule has 2 aromatic rings. The van der Waals surface area contributed by atoms with E-state index in [2.05, 4.69) is 21.2 Å². The van der Waals surface area contributed by atoms with Gasteiger partial charge in [0.1, 0.15) is 0 Å². The van der Waals surface area contributed by atoms with Crippen LogP contribution in [0.4, 0.5) is 0 Å². The van der Waals surface area contributed by atoms with Crippen LogP contribution < -0.4 is 5.32 Å². The molecule has 0 fully saturated rings. The number of benzene rings is 2. The van der Waals surface area contributed by atoms with E-state index in [1.807, 2.05) is 43.3 Å². The average Bonchev–Trinajstić information content (AvgIpc) is 2.36. The highest BCUT2D eigenvalue weighted by Gasteiger charge is 2.06. The van der Waals surface area contributed by atoms with Crippen LogP contribution in [0.2, 0.25) is 5.02 Å². The Bertz CT molecular complexity index is 575. The molecular weight excluding hydrogens is 326 g/mol. The lowest BCUT2D eigenvalue weighted by Gasteiger charge is -2.07. The van der Waals surface area contributed by atoms with Crippen LogP contribution >= 0.6 is 27.5 Å². The third kappa shape index (κ3) is 4.08. The van der Waals surface area contributed by atoms with E-state index in [0.717, 1.165) is 15.6 Å². The van der Waals surface area contributed by atoms with Crippen molar-refractivity contribution in [3.63, 3.8) is 0 Å². The van der Waals surface area contributed by atoms with Gasteiger partial charge in [0.2, 0.25) is 0 Å². The second kappa shape index (κ2) is 6.22. The van der Waals surface area contributed by atoms with Gasteiger partial charge < -0.3 is 5.32 Å². The fourth-order valence-corrected chi connectivity index (χ4v) is 2.31. The molecule has 0 aliphatic carbocycles. The minimum atomic E-state index is -0.117. The van der Waals surface area contributed by atoms with Crippen LogP contribution in [-0.2, 0) is 6.54 Å². The Morgan fingerprint density at radius 3 is 2.53 bits per heavy atom. The fraction of sp³-hybridized carbons (Fsp3) is 0.133. The van der Waals surface area contributed by atoms with Crippen molar-refractivity contribution in [2.45, 2.75) is 13.5 Å². The van der Waals surface area contributed by atoms with Gasteiger partial charge in [0.25, 0.3) is 5.91 Å². The number of halogens is 2. The summed E-state index contributed by atoms with van der Waals surface area (Å²) in [6.45, 7) is 2.41. The maximum Gasteiger partial charge on any atom is 0.251 e. The molecule has 2 aromatic carbocycles. The van der Waals surface area contributed by atoms with E-state index < -0.39 is 0 Å². The molecule has 0 radical (unpaired) electrons. The first-order chi connectivity index (χ1) is 9.04. The summed E-state index contributed by atoms with van der Waals surface area (Å²) in [5.41, 5.74) is 2.61. The number of carbonyl (C=O) groups is 1. The summed E-state index contributed by atoms with van der Waals surface area (Å²) in [5.74, 6) is -0.117. The highest BCUT2D eigenvalue weighted by molar-refractivity contribution is 9.10. The molecule has 1 N–H and O–H groups in total. The van der Waals surface area contributed by atoms with Crippen LogP contribution in [0.3, 0.4) is 0 Å². The van der Waals surface area contributed by atoms with Gasteiger partial charge in [-0.15, -0.1) is 0 Å².